The van der Waals surface area contributed by atoms with Crippen molar-refractivity contribution in [2.24, 2.45) is 0 Å². The summed E-state index contributed by atoms with van der Waals surface area (Å²) in [5.74, 6) is 0.172. The Bertz CT molecular complexity index is 516. The number of rotatable bonds is 4. The molecular formula is C17H24ClN3O. The molecule has 0 spiro atoms. The number of halogens is 1. The minimum atomic E-state index is 0.172. The van der Waals surface area contributed by atoms with Gasteiger partial charge in [-0.05, 0) is 44.4 Å². The number of anilines is 1. The third-order valence-corrected chi connectivity index (χ3v) is 4.89. The molecule has 2 N–H and O–H groups in total. The minimum absolute atomic E-state index is 0.172. The fourth-order valence-corrected chi connectivity index (χ4v) is 3.72. The summed E-state index contributed by atoms with van der Waals surface area (Å²) in [6, 6.07) is 8.51. The molecule has 0 saturated carbocycles. The van der Waals surface area contributed by atoms with Gasteiger partial charge in [-0.2, -0.15) is 0 Å². The molecule has 0 aliphatic carbocycles. The summed E-state index contributed by atoms with van der Waals surface area (Å²) in [5, 5.41) is 7.36. The van der Waals surface area contributed by atoms with Crippen LogP contribution >= 0.6 is 11.6 Å². The smallest absolute Gasteiger partial charge is 0.221 e. The van der Waals surface area contributed by atoms with E-state index in [1.807, 2.05) is 18.2 Å². The van der Waals surface area contributed by atoms with Gasteiger partial charge >= 0.3 is 0 Å². The van der Waals surface area contributed by atoms with Crippen LogP contribution in [0.15, 0.2) is 24.3 Å². The third-order valence-electron chi connectivity index (χ3n) is 4.57. The predicted molar refractivity (Wildman–Crippen MR) is 90.5 cm³/mol. The number of piperidine rings is 1. The monoisotopic (exact) mass is 321 g/mol. The molecular weight excluding hydrogens is 298 g/mol. The zero-order chi connectivity index (χ0) is 15.4. The van der Waals surface area contributed by atoms with E-state index >= 15 is 0 Å². The van der Waals surface area contributed by atoms with Crippen molar-refractivity contribution < 1.29 is 4.79 Å². The van der Waals surface area contributed by atoms with Crippen molar-refractivity contribution in [3.63, 3.8) is 0 Å². The lowest BCUT2D eigenvalue weighted by Crippen LogP contribution is -2.48. The van der Waals surface area contributed by atoms with Crippen molar-refractivity contribution in [1.29, 1.82) is 0 Å². The number of nitrogens with one attached hydrogen (secondary N) is 2. The highest BCUT2D eigenvalue weighted by atomic mass is 35.5. The number of hydrogen-bond donors (Lipinski definition) is 2. The van der Waals surface area contributed by atoms with Crippen LogP contribution in [0.2, 0.25) is 5.02 Å². The van der Waals surface area contributed by atoms with Crippen LogP contribution in [-0.2, 0) is 4.79 Å². The third kappa shape index (κ3) is 3.93. The summed E-state index contributed by atoms with van der Waals surface area (Å²) in [6.07, 6.45) is 5.02. The Kier molecular flexibility index (Phi) is 5.21. The van der Waals surface area contributed by atoms with E-state index in [4.69, 9.17) is 11.6 Å². The molecule has 0 aromatic heterocycles. The van der Waals surface area contributed by atoms with E-state index in [-0.39, 0.29) is 11.9 Å². The Morgan fingerprint density at radius 2 is 2.18 bits per heavy atom. The molecule has 1 aromatic carbocycles. The molecule has 2 atom stereocenters. The minimum Gasteiger partial charge on any atom is -0.368 e. The lowest BCUT2D eigenvalue weighted by molar-refractivity contribution is -0.122. The van der Waals surface area contributed by atoms with Crippen LogP contribution in [0.3, 0.4) is 0 Å². The van der Waals surface area contributed by atoms with Gasteiger partial charge in [0, 0.05) is 31.6 Å². The van der Waals surface area contributed by atoms with E-state index in [1.165, 1.54) is 6.42 Å². The molecule has 120 valence electrons. The van der Waals surface area contributed by atoms with E-state index in [0.29, 0.717) is 12.5 Å². The number of benzene rings is 1. The molecule has 4 nitrogen and oxygen atoms in total. The van der Waals surface area contributed by atoms with Crippen LogP contribution in [0.5, 0.6) is 0 Å². The van der Waals surface area contributed by atoms with E-state index < -0.39 is 0 Å². The summed E-state index contributed by atoms with van der Waals surface area (Å²) in [4.78, 5) is 14.5. The van der Waals surface area contributed by atoms with Gasteiger partial charge in [-0.3, -0.25) is 4.79 Å². The summed E-state index contributed by atoms with van der Waals surface area (Å²) in [7, 11) is 0. The Balaban J connectivity index is 1.54. The van der Waals surface area contributed by atoms with Gasteiger partial charge < -0.3 is 15.5 Å². The maximum atomic E-state index is 12.2. The standard InChI is InChI=1S/C17H24ClN3O/c18-15-7-1-2-8-16(15)21-10-4-6-14(12-21)20-17(22)11-13-5-3-9-19-13/h1-2,7-8,13-14,19H,3-6,9-12H2,(H,20,22). The summed E-state index contributed by atoms with van der Waals surface area (Å²) < 4.78 is 0. The Morgan fingerprint density at radius 3 is 2.95 bits per heavy atom. The molecule has 2 fully saturated rings. The zero-order valence-corrected chi connectivity index (χ0v) is 13.6. The van der Waals surface area contributed by atoms with E-state index in [2.05, 4.69) is 21.6 Å². The van der Waals surface area contributed by atoms with Crippen LogP contribution in [0, 0.1) is 0 Å². The molecule has 3 rings (SSSR count). The normalized spacial score (nSPS) is 25.2. The Labute approximate surface area is 137 Å². The molecule has 0 bridgehead atoms. The van der Waals surface area contributed by atoms with Crippen LogP contribution in [0.25, 0.3) is 0 Å². The average Bonchev–Trinajstić information content (AvgIpc) is 3.00. The summed E-state index contributed by atoms with van der Waals surface area (Å²) in [5.41, 5.74) is 1.07. The van der Waals surface area contributed by atoms with E-state index in [9.17, 15) is 4.79 Å². The van der Waals surface area contributed by atoms with Gasteiger partial charge in [-0.15, -0.1) is 0 Å². The maximum absolute atomic E-state index is 12.2. The number of carbonyl (C=O) groups excluding carboxylic acids is 1. The number of nitrogens with zero attached hydrogens (tertiary/aromatic N) is 1. The SMILES string of the molecule is O=C(CC1CCCN1)NC1CCCN(c2ccccc2Cl)C1. The van der Waals surface area contributed by atoms with Gasteiger partial charge in [-0.25, -0.2) is 0 Å². The lowest BCUT2D eigenvalue weighted by atomic mass is 10.0. The van der Waals surface area contributed by atoms with Crippen molar-refractivity contribution in [2.45, 2.75) is 44.2 Å². The van der Waals surface area contributed by atoms with Crippen molar-refractivity contribution in [3.8, 4) is 0 Å². The van der Waals surface area contributed by atoms with Crippen LogP contribution < -0.4 is 15.5 Å². The largest absolute Gasteiger partial charge is 0.368 e. The lowest BCUT2D eigenvalue weighted by Gasteiger charge is -2.35. The van der Waals surface area contributed by atoms with Crippen molar-refractivity contribution in [2.75, 3.05) is 24.5 Å². The fraction of sp³-hybridized carbons (Fsp3) is 0.588. The quantitative estimate of drug-likeness (QED) is 0.896. The van der Waals surface area contributed by atoms with Gasteiger partial charge in [0.1, 0.15) is 0 Å². The van der Waals surface area contributed by atoms with Crippen LogP contribution in [0.4, 0.5) is 5.69 Å². The Hall–Kier alpha value is -1.26. The second-order valence-corrected chi connectivity index (χ2v) is 6.71. The molecule has 2 unspecified atom stereocenters. The molecule has 2 aliphatic heterocycles. The topological polar surface area (TPSA) is 44.4 Å². The second-order valence-electron chi connectivity index (χ2n) is 6.30. The number of amides is 1. The summed E-state index contributed by atoms with van der Waals surface area (Å²) in [6.45, 7) is 2.88. The highest BCUT2D eigenvalue weighted by molar-refractivity contribution is 6.33. The molecule has 2 heterocycles. The molecule has 0 radical (unpaired) electrons. The highest BCUT2D eigenvalue weighted by Gasteiger charge is 2.24. The van der Waals surface area contributed by atoms with Gasteiger partial charge in [-0.1, -0.05) is 23.7 Å². The first-order valence-electron chi connectivity index (χ1n) is 8.24. The Morgan fingerprint density at radius 1 is 1.32 bits per heavy atom. The predicted octanol–water partition coefficient (Wildman–Crippen LogP) is 2.57. The van der Waals surface area contributed by atoms with Gasteiger partial charge in [0.2, 0.25) is 5.91 Å². The first-order chi connectivity index (χ1) is 10.7. The first kappa shape index (κ1) is 15.6. The molecule has 1 aromatic rings. The average molecular weight is 322 g/mol. The number of para-hydroxylation sites is 1. The van der Waals surface area contributed by atoms with Crippen LogP contribution in [-0.4, -0.2) is 37.6 Å². The van der Waals surface area contributed by atoms with Gasteiger partial charge in [0.25, 0.3) is 0 Å². The van der Waals surface area contributed by atoms with Gasteiger partial charge in [0.05, 0.1) is 10.7 Å². The summed E-state index contributed by atoms with van der Waals surface area (Å²) >= 11 is 6.29. The first-order valence-corrected chi connectivity index (χ1v) is 8.62. The van der Waals surface area contributed by atoms with Gasteiger partial charge in [0.15, 0.2) is 0 Å². The number of carbonyl (C=O) groups is 1. The van der Waals surface area contributed by atoms with E-state index in [0.717, 1.165) is 49.6 Å². The van der Waals surface area contributed by atoms with Crippen molar-refractivity contribution >= 4 is 23.2 Å². The molecule has 1 amide bonds. The zero-order valence-electron chi connectivity index (χ0n) is 12.9. The second kappa shape index (κ2) is 7.34. The van der Waals surface area contributed by atoms with Crippen molar-refractivity contribution in [3.05, 3.63) is 29.3 Å². The molecule has 2 aliphatic rings. The highest BCUT2D eigenvalue weighted by Crippen LogP contribution is 2.27. The molecule has 22 heavy (non-hydrogen) atoms. The molecule has 2 saturated heterocycles. The molecule has 5 heteroatoms. The van der Waals surface area contributed by atoms with Crippen LogP contribution in [0.1, 0.15) is 32.1 Å². The van der Waals surface area contributed by atoms with Crippen molar-refractivity contribution in [1.82, 2.24) is 10.6 Å². The fourth-order valence-electron chi connectivity index (χ4n) is 3.46. The maximum Gasteiger partial charge on any atom is 0.221 e. The van der Waals surface area contributed by atoms with E-state index in [1.54, 1.807) is 0 Å². The number of hydrogen-bond acceptors (Lipinski definition) is 3.